The predicted molar refractivity (Wildman–Crippen MR) is 91.0 cm³/mol. The van der Waals surface area contributed by atoms with E-state index < -0.39 is 0 Å². The molecule has 3 rings (SSSR count). The molecule has 24 heavy (non-hydrogen) atoms. The van der Waals surface area contributed by atoms with Gasteiger partial charge in [-0.15, -0.1) is 0 Å². The highest BCUT2D eigenvalue weighted by Crippen LogP contribution is 2.07. The Balaban J connectivity index is 1.81. The zero-order chi connectivity index (χ0) is 16.9. The van der Waals surface area contributed by atoms with Gasteiger partial charge in [0.05, 0.1) is 17.8 Å². The molecule has 3 aromatic rings. The Bertz CT molecular complexity index is 902. The molecule has 0 aliphatic heterocycles. The molecule has 0 saturated carbocycles. The number of rotatable bonds is 4. The first-order valence-electron chi connectivity index (χ1n) is 7.46. The minimum absolute atomic E-state index is 0.189. The van der Waals surface area contributed by atoms with Crippen molar-refractivity contribution in [1.82, 2.24) is 14.5 Å². The van der Waals surface area contributed by atoms with Crippen molar-refractivity contribution < 1.29 is 4.79 Å². The molecule has 0 spiro atoms. The number of hydrogen-bond donors (Lipinski definition) is 1. The van der Waals surface area contributed by atoms with Crippen LogP contribution in [0.2, 0.25) is 0 Å². The number of amides is 1. The number of aryl methyl sites for hydroxylation is 1. The SMILES string of the molecule is Cc1ccc(NC(=O)c2ccc(=O)n(Cc3ccccn3)c2)nc1. The summed E-state index contributed by atoms with van der Waals surface area (Å²) >= 11 is 0. The number of carbonyl (C=O) groups is 1. The third-order valence-electron chi connectivity index (χ3n) is 3.46. The second-order valence-corrected chi connectivity index (χ2v) is 5.38. The standard InChI is InChI=1S/C18H16N4O2/c1-13-5-7-16(20-10-13)21-18(24)14-6-8-17(23)22(11-14)12-15-4-2-3-9-19-15/h2-11H,12H2,1H3,(H,20,21,24). The maximum absolute atomic E-state index is 12.3. The summed E-state index contributed by atoms with van der Waals surface area (Å²) in [6.07, 6.45) is 4.87. The highest BCUT2D eigenvalue weighted by Gasteiger charge is 2.09. The largest absolute Gasteiger partial charge is 0.309 e. The van der Waals surface area contributed by atoms with Crippen molar-refractivity contribution >= 4 is 11.7 Å². The number of anilines is 1. The topological polar surface area (TPSA) is 76.9 Å². The Labute approximate surface area is 138 Å². The van der Waals surface area contributed by atoms with Gasteiger partial charge in [-0.2, -0.15) is 0 Å². The molecule has 0 aromatic carbocycles. The third-order valence-corrected chi connectivity index (χ3v) is 3.46. The van der Waals surface area contributed by atoms with Crippen LogP contribution < -0.4 is 10.9 Å². The lowest BCUT2D eigenvalue weighted by Crippen LogP contribution is -2.23. The molecule has 0 radical (unpaired) electrons. The van der Waals surface area contributed by atoms with Crippen LogP contribution >= 0.6 is 0 Å². The van der Waals surface area contributed by atoms with Crippen LogP contribution in [0, 0.1) is 6.92 Å². The van der Waals surface area contributed by atoms with E-state index in [1.54, 1.807) is 18.5 Å². The molecule has 6 nitrogen and oxygen atoms in total. The summed E-state index contributed by atoms with van der Waals surface area (Å²) in [6, 6.07) is 12.0. The monoisotopic (exact) mass is 320 g/mol. The van der Waals surface area contributed by atoms with E-state index in [4.69, 9.17) is 0 Å². The summed E-state index contributed by atoms with van der Waals surface area (Å²) in [5.41, 5.74) is 1.95. The van der Waals surface area contributed by atoms with Crippen LogP contribution in [0.25, 0.3) is 0 Å². The Kier molecular flexibility index (Phi) is 4.47. The van der Waals surface area contributed by atoms with Gasteiger partial charge in [0.2, 0.25) is 0 Å². The van der Waals surface area contributed by atoms with Gasteiger partial charge in [0.1, 0.15) is 5.82 Å². The zero-order valence-electron chi connectivity index (χ0n) is 13.1. The molecule has 1 N–H and O–H groups in total. The van der Waals surface area contributed by atoms with E-state index in [9.17, 15) is 9.59 Å². The first-order chi connectivity index (χ1) is 11.6. The van der Waals surface area contributed by atoms with Gasteiger partial charge in [-0.3, -0.25) is 14.6 Å². The first kappa shape index (κ1) is 15.6. The Hall–Kier alpha value is -3.28. The van der Waals surface area contributed by atoms with E-state index in [0.29, 0.717) is 17.9 Å². The van der Waals surface area contributed by atoms with Crippen LogP contribution in [0.1, 0.15) is 21.6 Å². The minimum atomic E-state index is -0.318. The smallest absolute Gasteiger partial charge is 0.258 e. The molecule has 3 aromatic heterocycles. The highest BCUT2D eigenvalue weighted by atomic mass is 16.2. The molecule has 3 heterocycles. The van der Waals surface area contributed by atoms with E-state index in [1.165, 1.54) is 22.9 Å². The second-order valence-electron chi connectivity index (χ2n) is 5.38. The molecule has 0 atom stereocenters. The second kappa shape index (κ2) is 6.87. The Morgan fingerprint density at radius 2 is 2.00 bits per heavy atom. The summed E-state index contributed by atoms with van der Waals surface area (Å²) in [7, 11) is 0. The fraction of sp³-hybridized carbons (Fsp3) is 0.111. The summed E-state index contributed by atoms with van der Waals surface area (Å²) in [5.74, 6) is 0.147. The average molecular weight is 320 g/mol. The summed E-state index contributed by atoms with van der Waals surface area (Å²) in [6.45, 7) is 2.23. The van der Waals surface area contributed by atoms with Gasteiger partial charge < -0.3 is 9.88 Å². The molecular weight excluding hydrogens is 304 g/mol. The Morgan fingerprint density at radius 3 is 2.71 bits per heavy atom. The third kappa shape index (κ3) is 3.73. The summed E-state index contributed by atoms with van der Waals surface area (Å²) < 4.78 is 1.46. The number of hydrogen-bond acceptors (Lipinski definition) is 4. The minimum Gasteiger partial charge on any atom is -0.309 e. The van der Waals surface area contributed by atoms with Gasteiger partial charge in [-0.25, -0.2) is 4.98 Å². The quantitative estimate of drug-likeness (QED) is 0.800. The lowest BCUT2D eigenvalue weighted by atomic mass is 10.2. The molecule has 6 heteroatoms. The van der Waals surface area contributed by atoms with E-state index in [1.807, 2.05) is 31.2 Å². The molecule has 120 valence electrons. The van der Waals surface area contributed by atoms with E-state index in [2.05, 4.69) is 15.3 Å². The summed E-state index contributed by atoms with van der Waals surface area (Å²) in [4.78, 5) is 32.7. The van der Waals surface area contributed by atoms with Crippen molar-refractivity contribution in [2.24, 2.45) is 0 Å². The van der Waals surface area contributed by atoms with Gasteiger partial charge >= 0.3 is 0 Å². The molecule has 0 aliphatic carbocycles. The Morgan fingerprint density at radius 1 is 1.12 bits per heavy atom. The van der Waals surface area contributed by atoms with Gasteiger partial charge in [-0.05, 0) is 36.8 Å². The molecule has 0 fully saturated rings. The first-order valence-corrected chi connectivity index (χ1v) is 7.46. The maximum Gasteiger partial charge on any atom is 0.258 e. The van der Waals surface area contributed by atoms with Gasteiger partial charge in [-0.1, -0.05) is 12.1 Å². The van der Waals surface area contributed by atoms with E-state index in [0.717, 1.165) is 11.3 Å². The van der Waals surface area contributed by atoms with Crippen molar-refractivity contribution in [2.75, 3.05) is 5.32 Å². The molecule has 0 bridgehead atoms. The molecule has 0 unspecified atom stereocenters. The molecule has 0 aliphatic rings. The van der Waals surface area contributed by atoms with Crippen molar-refractivity contribution in [3.8, 4) is 0 Å². The number of nitrogens with zero attached hydrogens (tertiary/aromatic N) is 3. The van der Waals surface area contributed by atoms with E-state index >= 15 is 0 Å². The fourth-order valence-electron chi connectivity index (χ4n) is 2.19. The summed E-state index contributed by atoms with van der Waals surface area (Å²) in [5, 5.41) is 2.71. The number of carbonyl (C=O) groups excluding carboxylic acids is 1. The van der Waals surface area contributed by atoms with Crippen molar-refractivity contribution in [1.29, 1.82) is 0 Å². The predicted octanol–water partition coefficient (Wildman–Crippen LogP) is 2.25. The van der Waals surface area contributed by atoms with Crippen LogP contribution in [-0.2, 0) is 6.54 Å². The average Bonchev–Trinajstić information content (AvgIpc) is 2.60. The molecular formula is C18H16N4O2. The van der Waals surface area contributed by atoms with Gasteiger partial charge in [0, 0.05) is 24.7 Å². The van der Waals surface area contributed by atoms with Crippen LogP contribution in [0.5, 0.6) is 0 Å². The zero-order valence-corrected chi connectivity index (χ0v) is 13.1. The van der Waals surface area contributed by atoms with Crippen LogP contribution in [-0.4, -0.2) is 20.4 Å². The van der Waals surface area contributed by atoms with Crippen molar-refractivity contribution in [3.63, 3.8) is 0 Å². The fourth-order valence-corrected chi connectivity index (χ4v) is 2.19. The van der Waals surface area contributed by atoms with Crippen LogP contribution in [0.15, 0.2) is 65.8 Å². The maximum atomic E-state index is 12.3. The normalized spacial score (nSPS) is 10.4. The number of aromatic nitrogens is 3. The lowest BCUT2D eigenvalue weighted by molar-refractivity contribution is 0.102. The van der Waals surface area contributed by atoms with Crippen molar-refractivity contribution in [3.05, 3.63) is 88.2 Å². The van der Waals surface area contributed by atoms with Gasteiger partial charge in [0.15, 0.2) is 0 Å². The molecule has 1 amide bonds. The molecule has 0 saturated heterocycles. The highest BCUT2D eigenvalue weighted by molar-refractivity contribution is 6.03. The van der Waals surface area contributed by atoms with Crippen molar-refractivity contribution in [2.45, 2.75) is 13.5 Å². The van der Waals surface area contributed by atoms with Gasteiger partial charge in [0.25, 0.3) is 11.5 Å². The number of nitrogens with one attached hydrogen (secondary N) is 1. The number of pyridine rings is 3. The van der Waals surface area contributed by atoms with E-state index in [-0.39, 0.29) is 11.5 Å². The lowest BCUT2D eigenvalue weighted by Gasteiger charge is -2.08. The van der Waals surface area contributed by atoms with Crippen LogP contribution in [0.4, 0.5) is 5.82 Å². The van der Waals surface area contributed by atoms with Crippen LogP contribution in [0.3, 0.4) is 0 Å².